The van der Waals surface area contributed by atoms with E-state index in [0.29, 0.717) is 12.5 Å². The second-order valence-corrected chi connectivity index (χ2v) is 5.30. The molecule has 4 heteroatoms. The number of nitrogens with two attached hydrogens (primary N) is 1. The third-order valence-corrected chi connectivity index (χ3v) is 3.56. The Labute approximate surface area is 119 Å². The van der Waals surface area contributed by atoms with Crippen molar-refractivity contribution in [3.05, 3.63) is 35.1 Å². The molecule has 0 saturated heterocycles. The van der Waals surface area contributed by atoms with E-state index in [9.17, 15) is 13.2 Å². The molecule has 0 fully saturated rings. The van der Waals surface area contributed by atoms with Crippen molar-refractivity contribution in [1.29, 1.82) is 0 Å². The monoisotopic (exact) mass is 287 g/mol. The van der Waals surface area contributed by atoms with Crippen LogP contribution in [0.2, 0.25) is 0 Å². The Morgan fingerprint density at radius 2 is 1.40 bits per heavy atom. The lowest BCUT2D eigenvalue weighted by Crippen LogP contribution is -2.13. The molecule has 114 valence electrons. The molecule has 20 heavy (non-hydrogen) atoms. The van der Waals surface area contributed by atoms with Crippen LogP contribution in [0, 0.1) is 17.5 Å². The van der Waals surface area contributed by atoms with E-state index in [0.717, 1.165) is 25.3 Å². The molecule has 0 radical (unpaired) electrons. The standard InChI is InChI=1S/C16H24F3N/c1-2-3-4-5-6-7-8-9-16(20)12-10-14(18)15(19)11-13(12)17/h10-11,16H,2-9,20H2,1H3. The van der Waals surface area contributed by atoms with E-state index in [1.165, 1.54) is 25.7 Å². The summed E-state index contributed by atoms with van der Waals surface area (Å²) in [5.41, 5.74) is 5.91. The number of benzene rings is 1. The summed E-state index contributed by atoms with van der Waals surface area (Å²) >= 11 is 0. The van der Waals surface area contributed by atoms with Crippen molar-refractivity contribution in [2.45, 2.75) is 64.3 Å². The predicted molar refractivity (Wildman–Crippen MR) is 75.9 cm³/mol. The highest BCUT2D eigenvalue weighted by molar-refractivity contribution is 5.23. The first-order valence-electron chi connectivity index (χ1n) is 7.46. The largest absolute Gasteiger partial charge is 0.324 e. The second-order valence-electron chi connectivity index (χ2n) is 5.30. The van der Waals surface area contributed by atoms with E-state index in [4.69, 9.17) is 5.73 Å². The molecule has 0 aliphatic carbocycles. The molecule has 0 bridgehead atoms. The Kier molecular flexibility index (Phi) is 7.67. The molecular weight excluding hydrogens is 263 g/mol. The van der Waals surface area contributed by atoms with Crippen LogP contribution in [0.1, 0.15) is 69.9 Å². The van der Waals surface area contributed by atoms with E-state index in [1.807, 2.05) is 0 Å². The van der Waals surface area contributed by atoms with Crippen LogP contribution in [0.25, 0.3) is 0 Å². The van der Waals surface area contributed by atoms with Gasteiger partial charge in [0.05, 0.1) is 0 Å². The van der Waals surface area contributed by atoms with Crippen molar-refractivity contribution in [3.63, 3.8) is 0 Å². The van der Waals surface area contributed by atoms with Gasteiger partial charge in [-0.2, -0.15) is 0 Å². The summed E-state index contributed by atoms with van der Waals surface area (Å²) in [6, 6.07) is 0.868. The first-order chi connectivity index (χ1) is 9.56. The lowest BCUT2D eigenvalue weighted by molar-refractivity contribution is 0.475. The molecule has 0 saturated carbocycles. The quantitative estimate of drug-likeness (QED) is 0.487. The van der Waals surface area contributed by atoms with Gasteiger partial charge in [-0.15, -0.1) is 0 Å². The average molecular weight is 287 g/mol. The van der Waals surface area contributed by atoms with E-state index >= 15 is 0 Å². The fourth-order valence-electron chi connectivity index (χ4n) is 2.30. The Bertz CT molecular complexity index is 407. The van der Waals surface area contributed by atoms with Crippen LogP contribution < -0.4 is 5.73 Å². The Morgan fingerprint density at radius 3 is 2.05 bits per heavy atom. The fourth-order valence-corrected chi connectivity index (χ4v) is 2.30. The molecule has 1 unspecified atom stereocenters. The maximum atomic E-state index is 13.5. The molecule has 0 aliphatic rings. The molecule has 0 amide bonds. The van der Waals surface area contributed by atoms with Gasteiger partial charge in [0, 0.05) is 17.7 Å². The number of hydrogen-bond donors (Lipinski definition) is 1. The number of unbranched alkanes of at least 4 members (excludes halogenated alkanes) is 6. The van der Waals surface area contributed by atoms with Gasteiger partial charge in [0.15, 0.2) is 11.6 Å². The topological polar surface area (TPSA) is 26.0 Å². The van der Waals surface area contributed by atoms with E-state index < -0.39 is 23.5 Å². The molecule has 1 atom stereocenters. The minimum absolute atomic E-state index is 0.0647. The van der Waals surface area contributed by atoms with Gasteiger partial charge in [-0.1, -0.05) is 51.9 Å². The molecule has 1 aromatic rings. The molecule has 0 aliphatic heterocycles. The SMILES string of the molecule is CCCCCCCCCC(N)c1cc(F)c(F)cc1F. The molecule has 2 N–H and O–H groups in total. The third kappa shape index (κ3) is 5.53. The van der Waals surface area contributed by atoms with Crippen molar-refractivity contribution in [2.24, 2.45) is 5.73 Å². The smallest absolute Gasteiger partial charge is 0.161 e. The summed E-state index contributed by atoms with van der Waals surface area (Å²) in [6.45, 7) is 2.18. The highest BCUT2D eigenvalue weighted by Crippen LogP contribution is 2.23. The van der Waals surface area contributed by atoms with Gasteiger partial charge in [0.25, 0.3) is 0 Å². The maximum Gasteiger partial charge on any atom is 0.161 e. The summed E-state index contributed by atoms with van der Waals surface area (Å²) < 4.78 is 39.4. The van der Waals surface area contributed by atoms with Crippen LogP contribution in [0.5, 0.6) is 0 Å². The van der Waals surface area contributed by atoms with E-state index in [2.05, 4.69) is 6.92 Å². The van der Waals surface area contributed by atoms with E-state index in [1.54, 1.807) is 0 Å². The lowest BCUT2D eigenvalue weighted by atomic mass is 9.99. The van der Waals surface area contributed by atoms with Gasteiger partial charge in [-0.25, -0.2) is 13.2 Å². The third-order valence-electron chi connectivity index (χ3n) is 3.56. The number of halogens is 3. The average Bonchev–Trinajstić information content (AvgIpc) is 2.41. The minimum atomic E-state index is -1.17. The summed E-state index contributed by atoms with van der Waals surface area (Å²) in [5.74, 6) is -2.98. The molecule has 1 rings (SSSR count). The summed E-state index contributed by atoms with van der Waals surface area (Å²) in [5, 5.41) is 0. The zero-order valence-corrected chi connectivity index (χ0v) is 12.1. The number of rotatable bonds is 9. The highest BCUT2D eigenvalue weighted by Gasteiger charge is 2.15. The Morgan fingerprint density at radius 1 is 0.850 bits per heavy atom. The highest BCUT2D eigenvalue weighted by atomic mass is 19.2. The normalized spacial score (nSPS) is 12.7. The Hall–Kier alpha value is -1.03. The summed E-state index contributed by atoms with van der Waals surface area (Å²) in [7, 11) is 0. The molecule has 0 spiro atoms. The molecule has 1 aromatic carbocycles. The van der Waals surface area contributed by atoms with Crippen molar-refractivity contribution in [3.8, 4) is 0 Å². The number of hydrogen-bond acceptors (Lipinski definition) is 1. The van der Waals surface area contributed by atoms with Crippen LogP contribution in [-0.2, 0) is 0 Å². The zero-order chi connectivity index (χ0) is 15.0. The van der Waals surface area contributed by atoms with Crippen molar-refractivity contribution < 1.29 is 13.2 Å². The molecular formula is C16H24F3N. The summed E-state index contributed by atoms with van der Waals surface area (Å²) in [6.07, 6.45) is 8.61. The van der Waals surface area contributed by atoms with Crippen molar-refractivity contribution >= 4 is 0 Å². The molecule has 0 heterocycles. The van der Waals surface area contributed by atoms with Gasteiger partial charge in [0.1, 0.15) is 5.82 Å². The first-order valence-corrected chi connectivity index (χ1v) is 7.46. The van der Waals surface area contributed by atoms with Crippen molar-refractivity contribution in [1.82, 2.24) is 0 Å². The van der Waals surface area contributed by atoms with Crippen LogP contribution in [-0.4, -0.2) is 0 Å². The van der Waals surface area contributed by atoms with E-state index in [-0.39, 0.29) is 5.56 Å². The molecule has 1 nitrogen and oxygen atoms in total. The Balaban J connectivity index is 2.32. The van der Waals surface area contributed by atoms with Crippen LogP contribution >= 0.6 is 0 Å². The van der Waals surface area contributed by atoms with Gasteiger partial charge >= 0.3 is 0 Å². The van der Waals surface area contributed by atoms with Gasteiger partial charge < -0.3 is 5.73 Å². The fraction of sp³-hybridized carbons (Fsp3) is 0.625. The van der Waals surface area contributed by atoms with Crippen molar-refractivity contribution in [2.75, 3.05) is 0 Å². The first kappa shape index (κ1) is 17.0. The lowest BCUT2D eigenvalue weighted by Gasteiger charge is -2.13. The van der Waals surface area contributed by atoms with Gasteiger partial charge in [-0.05, 0) is 12.5 Å². The zero-order valence-electron chi connectivity index (χ0n) is 12.1. The van der Waals surface area contributed by atoms with Crippen LogP contribution in [0.15, 0.2) is 12.1 Å². The molecule has 0 aromatic heterocycles. The van der Waals surface area contributed by atoms with Crippen LogP contribution in [0.4, 0.5) is 13.2 Å². The van der Waals surface area contributed by atoms with Crippen LogP contribution in [0.3, 0.4) is 0 Å². The summed E-state index contributed by atoms with van der Waals surface area (Å²) in [4.78, 5) is 0. The minimum Gasteiger partial charge on any atom is -0.324 e. The predicted octanol–water partition coefficient (Wildman–Crippen LogP) is 5.24. The van der Waals surface area contributed by atoms with Gasteiger partial charge in [-0.3, -0.25) is 0 Å². The second kappa shape index (κ2) is 9.01. The van der Waals surface area contributed by atoms with Gasteiger partial charge in [0.2, 0.25) is 0 Å². The maximum absolute atomic E-state index is 13.5.